The molecule has 0 aliphatic carbocycles. The molecule has 0 saturated heterocycles. The maximum Gasteiger partial charge on any atom is 0.196 e. The number of rotatable bonds is 7. The van der Waals surface area contributed by atoms with Gasteiger partial charge in [-0.3, -0.25) is 4.79 Å². The van der Waals surface area contributed by atoms with E-state index in [1.54, 1.807) is 13.2 Å². The topological polar surface area (TPSA) is 26.3 Å². The van der Waals surface area contributed by atoms with E-state index >= 15 is 0 Å². The van der Waals surface area contributed by atoms with Gasteiger partial charge in [0, 0.05) is 5.56 Å². The van der Waals surface area contributed by atoms with Crippen LogP contribution in [0.2, 0.25) is 0 Å². The summed E-state index contributed by atoms with van der Waals surface area (Å²) in [7, 11) is 1.59. The highest BCUT2D eigenvalue weighted by atomic mass is 16.5. The molecule has 0 spiro atoms. The summed E-state index contributed by atoms with van der Waals surface area (Å²) in [6.45, 7) is 2.20. The van der Waals surface area contributed by atoms with Crippen LogP contribution in [0.1, 0.15) is 47.7 Å². The number of carbonyl (C=O) groups excluding carboxylic acids is 1. The van der Waals surface area contributed by atoms with Gasteiger partial charge in [0.25, 0.3) is 0 Å². The number of carbonyl (C=O) groups is 1. The van der Waals surface area contributed by atoms with Crippen molar-refractivity contribution in [1.29, 1.82) is 0 Å². The molecule has 0 amide bonds. The molecular formula is C19H22O2. The Hall–Kier alpha value is -2.09. The third kappa shape index (κ3) is 3.94. The first kappa shape index (κ1) is 15.3. The first-order valence-corrected chi connectivity index (χ1v) is 7.53. The monoisotopic (exact) mass is 282 g/mol. The number of hydrogen-bond donors (Lipinski definition) is 0. The number of benzene rings is 2. The lowest BCUT2D eigenvalue weighted by Gasteiger charge is -2.08. The van der Waals surface area contributed by atoms with Gasteiger partial charge in [0.15, 0.2) is 5.78 Å². The average molecular weight is 282 g/mol. The van der Waals surface area contributed by atoms with Crippen LogP contribution in [0.25, 0.3) is 0 Å². The zero-order chi connectivity index (χ0) is 15.1. The average Bonchev–Trinajstić information content (AvgIpc) is 2.55. The van der Waals surface area contributed by atoms with Crippen LogP contribution in [0, 0.1) is 0 Å². The molecular weight excluding hydrogens is 260 g/mol. The van der Waals surface area contributed by atoms with Crippen molar-refractivity contribution >= 4 is 5.78 Å². The number of para-hydroxylation sites is 1. The van der Waals surface area contributed by atoms with Gasteiger partial charge in [-0.1, -0.05) is 56.2 Å². The molecule has 2 nitrogen and oxygen atoms in total. The fourth-order valence-electron chi connectivity index (χ4n) is 2.39. The van der Waals surface area contributed by atoms with E-state index in [0.29, 0.717) is 16.9 Å². The van der Waals surface area contributed by atoms with E-state index in [2.05, 4.69) is 19.1 Å². The smallest absolute Gasteiger partial charge is 0.196 e. The van der Waals surface area contributed by atoms with Gasteiger partial charge in [-0.15, -0.1) is 0 Å². The van der Waals surface area contributed by atoms with Crippen LogP contribution in [0.3, 0.4) is 0 Å². The van der Waals surface area contributed by atoms with Crippen LogP contribution in [0.4, 0.5) is 0 Å². The Kier molecular flexibility index (Phi) is 5.56. The SMILES string of the molecule is CCCCCc1ccc(C(=O)c2ccccc2OC)cc1. The Bertz CT molecular complexity index is 585. The fraction of sp³-hybridized carbons (Fsp3) is 0.316. The maximum absolute atomic E-state index is 12.5. The quantitative estimate of drug-likeness (QED) is 0.545. The van der Waals surface area contributed by atoms with E-state index in [1.165, 1.54) is 24.8 Å². The van der Waals surface area contributed by atoms with Gasteiger partial charge in [0.1, 0.15) is 5.75 Å². The fourth-order valence-corrected chi connectivity index (χ4v) is 2.39. The Labute approximate surface area is 126 Å². The molecule has 0 aliphatic rings. The van der Waals surface area contributed by atoms with Crippen molar-refractivity contribution in [1.82, 2.24) is 0 Å². The molecule has 21 heavy (non-hydrogen) atoms. The zero-order valence-corrected chi connectivity index (χ0v) is 12.8. The molecule has 2 aromatic rings. The summed E-state index contributed by atoms with van der Waals surface area (Å²) in [6.07, 6.45) is 4.76. The lowest BCUT2D eigenvalue weighted by Crippen LogP contribution is -2.04. The lowest BCUT2D eigenvalue weighted by molar-refractivity contribution is 0.103. The van der Waals surface area contributed by atoms with Crippen LogP contribution < -0.4 is 4.74 Å². The van der Waals surface area contributed by atoms with Crippen LogP contribution >= 0.6 is 0 Å². The van der Waals surface area contributed by atoms with Crippen molar-refractivity contribution in [2.75, 3.05) is 7.11 Å². The van der Waals surface area contributed by atoms with Crippen LogP contribution in [0.15, 0.2) is 48.5 Å². The van der Waals surface area contributed by atoms with Crippen LogP contribution in [-0.4, -0.2) is 12.9 Å². The van der Waals surface area contributed by atoms with E-state index in [0.717, 1.165) is 6.42 Å². The van der Waals surface area contributed by atoms with Crippen molar-refractivity contribution in [2.45, 2.75) is 32.6 Å². The summed E-state index contributed by atoms with van der Waals surface area (Å²) in [6, 6.07) is 15.3. The van der Waals surface area contributed by atoms with Gasteiger partial charge >= 0.3 is 0 Å². The van der Waals surface area contributed by atoms with Gasteiger partial charge in [-0.25, -0.2) is 0 Å². The molecule has 0 aromatic heterocycles. The highest BCUT2D eigenvalue weighted by Gasteiger charge is 2.13. The van der Waals surface area contributed by atoms with Crippen molar-refractivity contribution in [3.05, 3.63) is 65.2 Å². The highest BCUT2D eigenvalue weighted by molar-refractivity contribution is 6.10. The Morgan fingerprint density at radius 2 is 1.71 bits per heavy atom. The molecule has 0 aliphatic heterocycles. The second-order valence-corrected chi connectivity index (χ2v) is 5.18. The molecule has 0 radical (unpaired) electrons. The van der Waals surface area contributed by atoms with Crippen molar-refractivity contribution < 1.29 is 9.53 Å². The van der Waals surface area contributed by atoms with Crippen molar-refractivity contribution in [2.24, 2.45) is 0 Å². The van der Waals surface area contributed by atoms with Crippen LogP contribution in [-0.2, 0) is 6.42 Å². The minimum atomic E-state index is 0.00700. The van der Waals surface area contributed by atoms with Gasteiger partial charge in [-0.05, 0) is 30.5 Å². The predicted octanol–water partition coefficient (Wildman–Crippen LogP) is 4.66. The standard InChI is InChI=1S/C19H22O2/c1-3-4-5-8-15-11-13-16(14-12-15)19(20)17-9-6-7-10-18(17)21-2/h6-7,9-14H,3-5,8H2,1-2H3. The summed E-state index contributed by atoms with van der Waals surface area (Å²) in [4.78, 5) is 12.5. The molecule has 110 valence electrons. The molecule has 2 heteroatoms. The van der Waals surface area contributed by atoms with E-state index in [-0.39, 0.29) is 5.78 Å². The molecule has 0 atom stereocenters. The van der Waals surface area contributed by atoms with E-state index < -0.39 is 0 Å². The van der Waals surface area contributed by atoms with Crippen molar-refractivity contribution in [3.63, 3.8) is 0 Å². The Morgan fingerprint density at radius 3 is 2.38 bits per heavy atom. The van der Waals surface area contributed by atoms with Gasteiger partial charge in [0.05, 0.1) is 12.7 Å². The predicted molar refractivity (Wildman–Crippen MR) is 86.1 cm³/mol. The first-order chi connectivity index (χ1) is 10.3. The summed E-state index contributed by atoms with van der Waals surface area (Å²) < 4.78 is 5.26. The van der Waals surface area contributed by atoms with Gasteiger partial charge < -0.3 is 4.74 Å². The number of ketones is 1. The molecule has 0 bridgehead atoms. The van der Waals surface area contributed by atoms with Gasteiger partial charge in [-0.2, -0.15) is 0 Å². The summed E-state index contributed by atoms with van der Waals surface area (Å²) in [5.74, 6) is 0.627. The molecule has 0 fully saturated rings. The third-order valence-corrected chi connectivity index (χ3v) is 3.64. The second kappa shape index (κ2) is 7.63. The molecule has 0 unspecified atom stereocenters. The van der Waals surface area contributed by atoms with E-state index in [9.17, 15) is 4.79 Å². The number of hydrogen-bond acceptors (Lipinski definition) is 2. The van der Waals surface area contributed by atoms with Crippen LogP contribution in [0.5, 0.6) is 5.75 Å². The molecule has 0 heterocycles. The Morgan fingerprint density at radius 1 is 1.00 bits per heavy atom. The molecule has 2 rings (SSSR count). The number of ether oxygens (including phenoxy) is 1. The number of methoxy groups -OCH3 is 1. The largest absolute Gasteiger partial charge is 0.496 e. The van der Waals surface area contributed by atoms with Gasteiger partial charge in [0.2, 0.25) is 0 Å². The van der Waals surface area contributed by atoms with E-state index in [4.69, 9.17) is 4.74 Å². The minimum absolute atomic E-state index is 0.00700. The normalized spacial score (nSPS) is 10.4. The summed E-state index contributed by atoms with van der Waals surface area (Å²) >= 11 is 0. The minimum Gasteiger partial charge on any atom is -0.496 e. The summed E-state index contributed by atoms with van der Waals surface area (Å²) in [5.41, 5.74) is 2.61. The van der Waals surface area contributed by atoms with Crippen molar-refractivity contribution in [3.8, 4) is 5.75 Å². The number of unbranched alkanes of at least 4 members (excludes halogenated alkanes) is 2. The third-order valence-electron chi connectivity index (χ3n) is 3.64. The maximum atomic E-state index is 12.5. The molecule has 0 N–H and O–H groups in total. The molecule has 2 aromatic carbocycles. The first-order valence-electron chi connectivity index (χ1n) is 7.53. The Balaban J connectivity index is 2.12. The summed E-state index contributed by atoms with van der Waals surface area (Å²) in [5, 5.41) is 0. The molecule has 0 saturated carbocycles. The number of aryl methyl sites for hydroxylation is 1. The highest BCUT2D eigenvalue weighted by Crippen LogP contribution is 2.21. The lowest BCUT2D eigenvalue weighted by atomic mass is 9.99. The second-order valence-electron chi connectivity index (χ2n) is 5.18. The van der Waals surface area contributed by atoms with E-state index in [1.807, 2.05) is 30.3 Å². The zero-order valence-electron chi connectivity index (χ0n) is 12.8.